The summed E-state index contributed by atoms with van der Waals surface area (Å²) in [6, 6.07) is 6.78. The van der Waals surface area contributed by atoms with Gasteiger partial charge in [0.25, 0.3) is 5.56 Å². The molecule has 38 heavy (non-hydrogen) atoms. The lowest BCUT2D eigenvalue weighted by atomic mass is 10.1. The van der Waals surface area contributed by atoms with Crippen LogP contribution in [-0.4, -0.2) is 69.0 Å². The van der Waals surface area contributed by atoms with Crippen LogP contribution < -0.4 is 26.7 Å². The van der Waals surface area contributed by atoms with Gasteiger partial charge < -0.3 is 29.6 Å². The Balaban J connectivity index is 0.000000757. The summed E-state index contributed by atoms with van der Waals surface area (Å²) in [6.45, 7) is 7.28. The maximum Gasteiger partial charge on any atom is 0.414 e. The third-order valence-electron chi connectivity index (χ3n) is 5.70. The molecule has 0 radical (unpaired) electrons. The minimum absolute atomic E-state index is 0.0757. The van der Waals surface area contributed by atoms with Crippen LogP contribution in [0.15, 0.2) is 49.3 Å². The van der Waals surface area contributed by atoms with Crippen LogP contribution in [0.25, 0.3) is 11.0 Å². The van der Waals surface area contributed by atoms with E-state index in [0.717, 1.165) is 30.6 Å². The first kappa shape index (κ1) is 29.8. The monoisotopic (exact) mass is 532 g/mol. The molecule has 0 saturated carbocycles. The summed E-state index contributed by atoms with van der Waals surface area (Å²) in [6.07, 6.45) is 2.25. The zero-order valence-corrected chi connectivity index (χ0v) is 21.7. The van der Waals surface area contributed by atoms with Crippen LogP contribution >= 0.6 is 0 Å². The number of benzene rings is 1. The van der Waals surface area contributed by atoms with E-state index < -0.39 is 11.9 Å². The van der Waals surface area contributed by atoms with Crippen molar-refractivity contribution in [3.63, 3.8) is 0 Å². The Hall–Kier alpha value is -4.39. The van der Waals surface area contributed by atoms with E-state index in [0.29, 0.717) is 41.3 Å². The maximum absolute atomic E-state index is 12.5. The standard InChI is InChI=1S/C23H30N4O5.C2H2O4/c1-5-27(12-10-24-19-14-20(28)26(4)23(30)25(19)3)11-7-13-31-17-8-6-9-18-21(17)22(29)16(2)15-32-18;3-1(4)2(5)6/h6,8-9,14-15,24H,5,7,10-13H2,1-4H3;(H,3,4)(H,5,6). The summed E-state index contributed by atoms with van der Waals surface area (Å²) < 4.78 is 13.9. The first-order chi connectivity index (χ1) is 18.0. The highest BCUT2D eigenvalue weighted by Crippen LogP contribution is 2.23. The van der Waals surface area contributed by atoms with Gasteiger partial charge >= 0.3 is 17.6 Å². The molecule has 0 amide bonds. The fourth-order valence-corrected chi connectivity index (χ4v) is 3.50. The number of nitrogens with zero attached hydrogens (tertiary/aromatic N) is 3. The fraction of sp³-hybridized carbons (Fsp3) is 0.400. The van der Waals surface area contributed by atoms with Gasteiger partial charge in [0.1, 0.15) is 22.5 Å². The predicted molar refractivity (Wildman–Crippen MR) is 140 cm³/mol. The third kappa shape index (κ3) is 7.80. The Labute approximate surface area is 217 Å². The summed E-state index contributed by atoms with van der Waals surface area (Å²) in [5.41, 5.74) is 0.296. The van der Waals surface area contributed by atoms with Gasteiger partial charge in [-0.05, 0) is 32.0 Å². The maximum atomic E-state index is 12.5. The predicted octanol–water partition coefficient (Wildman–Crippen LogP) is 0.857. The number of nitrogens with one attached hydrogen (secondary N) is 1. The molecule has 13 heteroatoms. The number of aromatic nitrogens is 2. The van der Waals surface area contributed by atoms with Crippen LogP contribution in [0.3, 0.4) is 0 Å². The van der Waals surface area contributed by atoms with E-state index in [1.54, 1.807) is 26.1 Å². The van der Waals surface area contributed by atoms with Crippen LogP contribution in [0.4, 0.5) is 5.82 Å². The summed E-state index contributed by atoms with van der Waals surface area (Å²) in [5.74, 6) is -2.61. The number of carboxylic acid groups (broad SMARTS) is 2. The number of hydrogen-bond donors (Lipinski definition) is 3. The highest BCUT2D eigenvalue weighted by Gasteiger charge is 2.11. The number of anilines is 1. The van der Waals surface area contributed by atoms with Crippen LogP contribution in [0.2, 0.25) is 0 Å². The molecule has 2 aromatic heterocycles. The molecule has 3 rings (SSSR count). The van der Waals surface area contributed by atoms with E-state index in [1.807, 2.05) is 6.07 Å². The average molecular weight is 533 g/mol. The topological polar surface area (TPSA) is 173 Å². The second kappa shape index (κ2) is 13.8. The lowest BCUT2D eigenvalue weighted by molar-refractivity contribution is -0.159. The van der Waals surface area contributed by atoms with Crippen molar-refractivity contribution < 1.29 is 29.0 Å². The molecule has 3 N–H and O–H groups in total. The Morgan fingerprint density at radius 3 is 2.39 bits per heavy atom. The number of fused-ring (bicyclic) bond motifs is 1. The first-order valence-corrected chi connectivity index (χ1v) is 11.8. The van der Waals surface area contributed by atoms with Crippen LogP contribution in [0, 0.1) is 6.92 Å². The number of rotatable bonds is 10. The number of carbonyl (C=O) groups is 2. The van der Waals surface area contributed by atoms with Crippen molar-refractivity contribution in [3.8, 4) is 5.75 Å². The third-order valence-corrected chi connectivity index (χ3v) is 5.70. The van der Waals surface area contributed by atoms with Gasteiger partial charge in [0.2, 0.25) is 0 Å². The number of carboxylic acids is 2. The molecule has 0 bridgehead atoms. The quantitative estimate of drug-likeness (QED) is 0.250. The fourth-order valence-electron chi connectivity index (χ4n) is 3.50. The van der Waals surface area contributed by atoms with Gasteiger partial charge in [-0.25, -0.2) is 14.4 Å². The van der Waals surface area contributed by atoms with Gasteiger partial charge in [0, 0.05) is 45.4 Å². The van der Waals surface area contributed by atoms with Crippen molar-refractivity contribution in [2.75, 3.05) is 38.1 Å². The molecule has 2 heterocycles. The van der Waals surface area contributed by atoms with Crippen molar-refractivity contribution in [1.82, 2.24) is 14.0 Å². The Morgan fingerprint density at radius 1 is 1.08 bits per heavy atom. The first-order valence-electron chi connectivity index (χ1n) is 11.8. The summed E-state index contributed by atoms with van der Waals surface area (Å²) >= 11 is 0. The molecule has 0 fully saturated rings. The minimum atomic E-state index is -1.82. The smallest absolute Gasteiger partial charge is 0.414 e. The molecule has 0 spiro atoms. The number of aryl methyl sites for hydroxylation is 1. The SMILES string of the molecule is CCN(CCCOc1cccc2occ(C)c(=O)c12)CCNc1cc(=O)n(C)c(=O)n1C.O=C(O)C(=O)O. The Bertz CT molecular complexity index is 1440. The molecule has 0 atom stereocenters. The highest BCUT2D eigenvalue weighted by molar-refractivity contribution is 6.27. The molecule has 1 aromatic carbocycles. The van der Waals surface area contributed by atoms with Gasteiger partial charge in [-0.1, -0.05) is 13.0 Å². The van der Waals surface area contributed by atoms with Crippen molar-refractivity contribution in [3.05, 3.63) is 67.2 Å². The number of hydrogen-bond acceptors (Lipinski definition) is 9. The Morgan fingerprint density at radius 2 is 1.76 bits per heavy atom. The molecule has 0 saturated heterocycles. The van der Waals surface area contributed by atoms with Crippen LogP contribution in [0.1, 0.15) is 18.9 Å². The average Bonchev–Trinajstić information content (AvgIpc) is 2.89. The zero-order chi connectivity index (χ0) is 28.4. The van der Waals surface area contributed by atoms with E-state index in [9.17, 15) is 14.4 Å². The molecule has 0 aliphatic carbocycles. The van der Waals surface area contributed by atoms with Crippen LogP contribution in [0.5, 0.6) is 5.75 Å². The van der Waals surface area contributed by atoms with E-state index >= 15 is 0 Å². The number of likely N-dealkylation sites (N-methyl/N-ethyl adjacent to an activating group) is 1. The van der Waals surface area contributed by atoms with E-state index in [-0.39, 0.29) is 16.7 Å². The summed E-state index contributed by atoms with van der Waals surface area (Å²) in [4.78, 5) is 56.8. The van der Waals surface area contributed by atoms with Crippen LogP contribution in [-0.2, 0) is 23.7 Å². The number of ether oxygens (including phenoxy) is 1. The van der Waals surface area contributed by atoms with Gasteiger partial charge in [-0.3, -0.25) is 18.7 Å². The molecule has 3 aromatic rings. The van der Waals surface area contributed by atoms with E-state index in [4.69, 9.17) is 29.0 Å². The van der Waals surface area contributed by atoms with E-state index in [1.165, 1.54) is 23.9 Å². The largest absolute Gasteiger partial charge is 0.493 e. The molecule has 0 aliphatic rings. The van der Waals surface area contributed by atoms with Crippen molar-refractivity contribution >= 4 is 28.7 Å². The molecule has 13 nitrogen and oxygen atoms in total. The normalized spacial score (nSPS) is 10.7. The second-order valence-electron chi connectivity index (χ2n) is 8.32. The molecule has 206 valence electrons. The molecule has 0 aliphatic heterocycles. The summed E-state index contributed by atoms with van der Waals surface area (Å²) in [5, 5.41) is 18.4. The van der Waals surface area contributed by atoms with Gasteiger partial charge in [0.05, 0.1) is 12.9 Å². The lowest BCUT2D eigenvalue weighted by Gasteiger charge is -2.21. The van der Waals surface area contributed by atoms with Gasteiger partial charge in [-0.2, -0.15) is 0 Å². The molecular weight excluding hydrogens is 500 g/mol. The number of aliphatic carboxylic acids is 2. The minimum Gasteiger partial charge on any atom is -0.493 e. The Kier molecular flexibility index (Phi) is 10.8. The second-order valence-corrected chi connectivity index (χ2v) is 8.32. The molecular formula is C25H32N4O9. The highest BCUT2D eigenvalue weighted by atomic mass is 16.5. The lowest BCUT2D eigenvalue weighted by Crippen LogP contribution is -2.38. The molecule has 0 unspecified atom stereocenters. The summed E-state index contributed by atoms with van der Waals surface area (Å²) in [7, 11) is 3.09. The van der Waals surface area contributed by atoms with Crippen molar-refractivity contribution in [2.45, 2.75) is 20.3 Å². The van der Waals surface area contributed by atoms with Gasteiger partial charge in [0.15, 0.2) is 5.43 Å². The van der Waals surface area contributed by atoms with Crippen molar-refractivity contribution in [1.29, 1.82) is 0 Å². The zero-order valence-electron chi connectivity index (χ0n) is 21.7. The van der Waals surface area contributed by atoms with Gasteiger partial charge in [-0.15, -0.1) is 0 Å². The van der Waals surface area contributed by atoms with E-state index in [2.05, 4.69) is 17.1 Å². The van der Waals surface area contributed by atoms with Crippen molar-refractivity contribution in [2.24, 2.45) is 14.1 Å².